The van der Waals surface area contributed by atoms with E-state index in [4.69, 9.17) is 9.72 Å². The van der Waals surface area contributed by atoms with E-state index in [9.17, 15) is 4.79 Å². The van der Waals surface area contributed by atoms with Crippen LogP contribution >= 0.6 is 11.8 Å². The minimum Gasteiger partial charge on any atom is -0.494 e. The third-order valence-electron chi connectivity index (χ3n) is 4.96. The third kappa shape index (κ3) is 5.02. The van der Waals surface area contributed by atoms with Gasteiger partial charge in [0.05, 0.1) is 18.0 Å². The first-order valence-corrected chi connectivity index (χ1v) is 11.2. The lowest BCUT2D eigenvalue weighted by atomic mass is 10.2. The normalized spacial score (nSPS) is 13.3. The molecule has 1 aliphatic carbocycles. The van der Waals surface area contributed by atoms with Crippen LogP contribution in [-0.2, 0) is 11.3 Å². The van der Waals surface area contributed by atoms with E-state index in [1.54, 1.807) is 4.90 Å². The highest BCUT2D eigenvalue weighted by molar-refractivity contribution is 7.99. The van der Waals surface area contributed by atoms with Gasteiger partial charge in [-0.3, -0.25) is 4.79 Å². The van der Waals surface area contributed by atoms with E-state index in [-0.39, 0.29) is 5.91 Å². The van der Waals surface area contributed by atoms with Gasteiger partial charge in [-0.1, -0.05) is 42.1 Å². The number of para-hydroxylation sites is 1. The molecule has 0 atom stereocenters. The molecule has 0 aliphatic heterocycles. The molecule has 1 amide bonds. The Labute approximate surface area is 181 Å². The van der Waals surface area contributed by atoms with Gasteiger partial charge >= 0.3 is 0 Å². The Kier molecular flexibility index (Phi) is 6.38. The molecule has 156 valence electrons. The summed E-state index contributed by atoms with van der Waals surface area (Å²) >= 11 is 1.40. The van der Waals surface area contributed by atoms with E-state index in [0.717, 1.165) is 35.7 Å². The van der Waals surface area contributed by atoms with Crippen molar-refractivity contribution in [3.63, 3.8) is 0 Å². The largest absolute Gasteiger partial charge is 0.494 e. The second-order valence-corrected chi connectivity index (χ2v) is 8.33. The summed E-state index contributed by atoms with van der Waals surface area (Å²) in [6, 6.07) is 17.9. The predicted molar refractivity (Wildman–Crippen MR) is 118 cm³/mol. The van der Waals surface area contributed by atoms with Crippen LogP contribution in [0, 0.1) is 0 Å². The van der Waals surface area contributed by atoms with Crippen LogP contribution in [0.2, 0.25) is 0 Å². The molecule has 0 bridgehead atoms. The Hall–Kier alpha value is -2.80. The van der Waals surface area contributed by atoms with Gasteiger partial charge in [-0.2, -0.15) is 0 Å². The van der Waals surface area contributed by atoms with Crippen LogP contribution in [0.5, 0.6) is 5.75 Å². The van der Waals surface area contributed by atoms with Crippen molar-refractivity contribution in [1.82, 2.24) is 19.7 Å². The Bertz CT molecular complexity index is 984. The van der Waals surface area contributed by atoms with Crippen molar-refractivity contribution in [2.75, 3.05) is 19.4 Å². The quantitative estimate of drug-likeness (QED) is 0.481. The van der Waals surface area contributed by atoms with Crippen LogP contribution in [0.1, 0.15) is 37.1 Å². The van der Waals surface area contributed by atoms with Crippen molar-refractivity contribution < 1.29 is 9.53 Å². The van der Waals surface area contributed by atoms with E-state index in [1.165, 1.54) is 11.8 Å². The fraction of sp³-hybridized carbons (Fsp3) is 0.348. The molecule has 0 spiro atoms. The second kappa shape index (κ2) is 9.34. The van der Waals surface area contributed by atoms with Gasteiger partial charge in [0.15, 0.2) is 0 Å². The molecule has 0 unspecified atom stereocenters. The standard InChI is InChI=1S/C23H26N4O2S/c1-3-29-20-13-9-17(10-14-20)15-26(2)21(28)16-30-23-24-22(18-11-12-18)27(25-23)19-7-5-4-6-8-19/h4-10,13-14,18H,3,11-12,15-16H2,1-2H3. The Morgan fingerprint density at radius 3 is 2.57 bits per heavy atom. The zero-order chi connectivity index (χ0) is 20.9. The molecule has 1 heterocycles. The van der Waals surface area contributed by atoms with Gasteiger partial charge in [0.25, 0.3) is 0 Å². The number of benzene rings is 2. The number of hydrogen-bond acceptors (Lipinski definition) is 5. The number of rotatable bonds is 9. The van der Waals surface area contributed by atoms with Gasteiger partial charge in [-0.25, -0.2) is 9.67 Å². The number of ether oxygens (including phenoxy) is 1. The first kappa shape index (κ1) is 20.5. The molecular weight excluding hydrogens is 396 g/mol. The SMILES string of the molecule is CCOc1ccc(CN(C)C(=O)CSc2nc(C3CC3)n(-c3ccccc3)n2)cc1. The lowest BCUT2D eigenvalue weighted by molar-refractivity contribution is -0.127. The number of amides is 1. The maximum absolute atomic E-state index is 12.6. The van der Waals surface area contributed by atoms with Gasteiger partial charge in [0.2, 0.25) is 11.1 Å². The summed E-state index contributed by atoms with van der Waals surface area (Å²) in [7, 11) is 1.82. The number of thioether (sulfide) groups is 1. The van der Waals surface area contributed by atoms with Gasteiger partial charge in [-0.05, 0) is 49.6 Å². The topological polar surface area (TPSA) is 60.2 Å². The van der Waals surface area contributed by atoms with Crippen LogP contribution < -0.4 is 4.74 Å². The smallest absolute Gasteiger partial charge is 0.233 e. The minimum atomic E-state index is 0.0536. The Morgan fingerprint density at radius 2 is 1.90 bits per heavy atom. The molecule has 2 aromatic carbocycles. The highest BCUT2D eigenvalue weighted by atomic mass is 32.2. The zero-order valence-electron chi connectivity index (χ0n) is 17.3. The van der Waals surface area contributed by atoms with E-state index in [0.29, 0.717) is 30.0 Å². The Balaban J connectivity index is 1.36. The maximum atomic E-state index is 12.6. The van der Waals surface area contributed by atoms with Gasteiger partial charge < -0.3 is 9.64 Å². The van der Waals surface area contributed by atoms with Crippen LogP contribution in [0.4, 0.5) is 0 Å². The number of nitrogens with zero attached hydrogens (tertiary/aromatic N) is 4. The molecular formula is C23H26N4O2S. The lowest BCUT2D eigenvalue weighted by Gasteiger charge is -2.17. The molecule has 4 rings (SSSR count). The monoisotopic (exact) mass is 422 g/mol. The molecule has 1 fully saturated rings. The van der Waals surface area contributed by atoms with Crippen molar-refractivity contribution in [3.8, 4) is 11.4 Å². The number of aromatic nitrogens is 3. The fourth-order valence-corrected chi connectivity index (χ4v) is 3.96. The summed E-state index contributed by atoms with van der Waals surface area (Å²) in [6.45, 7) is 3.17. The van der Waals surface area contributed by atoms with Crippen molar-refractivity contribution in [1.29, 1.82) is 0 Å². The molecule has 7 heteroatoms. The van der Waals surface area contributed by atoms with Crippen molar-refractivity contribution in [2.45, 2.75) is 37.4 Å². The Morgan fingerprint density at radius 1 is 1.17 bits per heavy atom. The average molecular weight is 423 g/mol. The molecule has 0 N–H and O–H groups in total. The zero-order valence-corrected chi connectivity index (χ0v) is 18.1. The fourth-order valence-electron chi connectivity index (χ4n) is 3.19. The highest BCUT2D eigenvalue weighted by Crippen LogP contribution is 2.40. The van der Waals surface area contributed by atoms with Gasteiger partial charge in [0, 0.05) is 19.5 Å². The van der Waals surface area contributed by atoms with Gasteiger partial charge in [-0.15, -0.1) is 5.10 Å². The summed E-state index contributed by atoms with van der Waals surface area (Å²) in [5.74, 6) is 2.69. The molecule has 1 aromatic heterocycles. The molecule has 1 saturated carbocycles. The minimum absolute atomic E-state index is 0.0536. The first-order valence-electron chi connectivity index (χ1n) is 10.2. The van der Waals surface area contributed by atoms with Crippen LogP contribution in [0.3, 0.4) is 0 Å². The van der Waals surface area contributed by atoms with Gasteiger partial charge in [0.1, 0.15) is 11.6 Å². The summed E-state index contributed by atoms with van der Waals surface area (Å²) in [4.78, 5) is 19.1. The summed E-state index contributed by atoms with van der Waals surface area (Å²) in [6.07, 6.45) is 2.30. The van der Waals surface area contributed by atoms with Crippen molar-refractivity contribution in [3.05, 3.63) is 66.0 Å². The number of carbonyl (C=O) groups is 1. The average Bonchev–Trinajstić information content (AvgIpc) is 3.53. The van der Waals surface area contributed by atoms with E-state index >= 15 is 0 Å². The second-order valence-electron chi connectivity index (χ2n) is 7.39. The molecule has 6 nitrogen and oxygen atoms in total. The van der Waals surface area contributed by atoms with Crippen molar-refractivity contribution >= 4 is 17.7 Å². The predicted octanol–water partition coefficient (Wildman–Crippen LogP) is 4.29. The summed E-state index contributed by atoms with van der Waals surface area (Å²) in [5.41, 5.74) is 2.08. The highest BCUT2D eigenvalue weighted by Gasteiger charge is 2.30. The molecule has 0 radical (unpaired) electrons. The van der Waals surface area contributed by atoms with Crippen LogP contribution in [0.25, 0.3) is 5.69 Å². The number of hydrogen-bond donors (Lipinski definition) is 0. The maximum Gasteiger partial charge on any atom is 0.233 e. The third-order valence-corrected chi connectivity index (χ3v) is 5.78. The molecule has 3 aromatic rings. The van der Waals surface area contributed by atoms with Crippen LogP contribution in [0.15, 0.2) is 59.8 Å². The number of carbonyl (C=O) groups excluding carboxylic acids is 1. The van der Waals surface area contributed by atoms with E-state index in [2.05, 4.69) is 5.10 Å². The van der Waals surface area contributed by atoms with E-state index in [1.807, 2.05) is 73.3 Å². The van der Waals surface area contributed by atoms with E-state index < -0.39 is 0 Å². The van der Waals surface area contributed by atoms with Crippen LogP contribution in [-0.4, -0.2) is 45.0 Å². The van der Waals surface area contributed by atoms with Crippen molar-refractivity contribution in [2.24, 2.45) is 0 Å². The summed E-state index contributed by atoms with van der Waals surface area (Å²) < 4.78 is 7.39. The molecule has 0 saturated heterocycles. The molecule has 30 heavy (non-hydrogen) atoms. The first-order chi connectivity index (χ1) is 14.6. The lowest BCUT2D eigenvalue weighted by Crippen LogP contribution is -2.27. The molecule has 1 aliphatic rings. The summed E-state index contributed by atoms with van der Waals surface area (Å²) in [5, 5.41) is 5.32.